The van der Waals surface area contributed by atoms with E-state index in [-0.39, 0.29) is 5.91 Å². The smallest absolute Gasteiger partial charge is 0.274 e. The first-order valence-corrected chi connectivity index (χ1v) is 8.54. The zero-order valence-corrected chi connectivity index (χ0v) is 14.5. The highest BCUT2D eigenvalue weighted by Crippen LogP contribution is 2.30. The number of carbonyl (C=O) groups excluding carboxylic acids is 1. The third kappa shape index (κ3) is 3.86. The Labute approximate surface area is 147 Å². The molecule has 3 rings (SSSR count). The number of amides is 1. The van der Waals surface area contributed by atoms with Gasteiger partial charge in [0.05, 0.1) is 11.4 Å². The molecule has 0 spiro atoms. The molecule has 0 saturated carbocycles. The van der Waals surface area contributed by atoms with Crippen LogP contribution < -0.4 is 10.2 Å². The van der Waals surface area contributed by atoms with E-state index < -0.39 is 0 Å². The van der Waals surface area contributed by atoms with Gasteiger partial charge in [0, 0.05) is 37.4 Å². The minimum Gasteiger partial charge on any atom is -0.367 e. The summed E-state index contributed by atoms with van der Waals surface area (Å²) in [6, 6.07) is 10.9. The maximum atomic E-state index is 12.4. The third-order valence-corrected chi connectivity index (χ3v) is 4.50. The topological polar surface area (TPSA) is 48.5 Å². The lowest BCUT2D eigenvalue weighted by molar-refractivity contribution is 0.102. The number of benzene rings is 1. The van der Waals surface area contributed by atoms with E-state index in [0.29, 0.717) is 10.7 Å². The Kier molecular flexibility index (Phi) is 5.33. The van der Waals surface area contributed by atoms with E-state index >= 15 is 0 Å². The van der Waals surface area contributed by atoms with Crippen molar-refractivity contribution in [2.75, 3.05) is 42.9 Å². The van der Waals surface area contributed by atoms with Gasteiger partial charge in [0.1, 0.15) is 5.69 Å². The van der Waals surface area contributed by atoms with Crippen LogP contribution in [0.5, 0.6) is 0 Å². The Morgan fingerprint density at radius 1 is 1.21 bits per heavy atom. The Hall–Kier alpha value is -2.11. The van der Waals surface area contributed by atoms with E-state index in [1.54, 1.807) is 30.5 Å². The number of piperazine rings is 1. The number of hydrogen-bond donors (Lipinski definition) is 1. The van der Waals surface area contributed by atoms with Gasteiger partial charge in [-0.25, -0.2) is 0 Å². The molecule has 1 saturated heterocycles. The molecule has 5 nitrogen and oxygen atoms in total. The Morgan fingerprint density at radius 3 is 2.67 bits per heavy atom. The van der Waals surface area contributed by atoms with Crippen LogP contribution in [0.25, 0.3) is 0 Å². The van der Waals surface area contributed by atoms with Crippen LogP contribution in [0.4, 0.5) is 11.4 Å². The first-order chi connectivity index (χ1) is 11.7. The fourth-order valence-electron chi connectivity index (χ4n) is 2.87. The van der Waals surface area contributed by atoms with Crippen LogP contribution in [-0.4, -0.2) is 48.5 Å². The average Bonchev–Trinajstić information content (AvgIpc) is 2.63. The summed E-state index contributed by atoms with van der Waals surface area (Å²) >= 11 is 6.14. The highest BCUT2D eigenvalue weighted by molar-refractivity contribution is 6.31. The third-order valence-electron chi connectivity index (χ3n) is 4.26. The predicted octanol–water partition coefficient (Wildman–Crippen LogP) is 3.13. The summed E-state index contributed by atoms with van der Waals surface area (Å²) in [5.41, 5.74) is 2.11. The normalized spacial score (nSPS) is 15.3. The van der Waals surface area contributed by atoms with Crippen molar-refractivity contribution in [1.29, 1.82) is 0 Å². The Balaban J connectivity index is 1.80. The summed E-state index contributed by atoms with van der Waals surface area (Å²) in [6.07, 6.45) is 1.61. The van der Waals surface area contributed by atoms with Crippen molar-refractivity contribution in [1.82, 2.24) is 9.88 Å². The predicted molar refractivity (Wildman–Crippen MR) is 98.0 cm³/mol. The number of halogens is 1. The van der Waals surface area contributed by atoms with Crippen molar-refractivity contribution in [2.24, 2.45) is 0 Å². The molecule has 1 aromatic carbocycles. The fraction of sp³-hybridized carbons (Fsp3) is 0.333. The molecule has 1 amide bonds. The number of anilines is 2. The molecule has 0 atom stereocenters. The first-order valence-electron chi connectivity index (χ1n) is 8.16. The molecule has 0 radical (unpaired) electrons. The number of hydrogen-bond acceptors (Lipinski definition) is 4. The van der Waals surface area contributed by atoms with Crippen LogP contribution in [0, 0.1) is 0 Å². The zero-order chi connectivity index (χ0) is 16.9. The van der Waals surface area contributed by atoms with Crippen molar-refractivity contribution in [3.8, 4) is 0 Å². The second kappa shape index (κ2) is 7.64. The number of rotatable bonds is 4. The van der Waals surface area contributed by atoms with Crippen molar-refractivity contribution in [2.45, 2.75) is 6.92 Å². The molecule has 24 heavy (non-hydrogen) atoms. The summed E-state index contributed by atoms with van der Waals surface area (Å²) in [6.45, 7) is 7.15. The molecule has 1 aliphatic heterocycles. The largest absolute Gasteiger partial charge is 0.367 e. The van der Waals surface area contributed by atoms with Gasteiger partial charge in [-0.2, -0.15) is 0 Å². The van der Waals surface area contributed by atoms with Crippen LogP contribution in [0.15, 0.2) is 42.6 Å². The van der Waals surface area contributed by atoms with Gasteiger partial charge in [0.15, 0.2) is 0 Å². The molecular weight excluding hydrogens is 324 g/mol. The molecule has 126 valence electrons. The molecule has 6 heteroatoms. The number of pyridine rings is 1. The Bertz CT molecular complexity index is 699. The molecule has 1 fully saturated rings. The quantitative estimate of drug-likeness (QED) is 0.925. The molecule has 1 aliphatic rings. The van der Waals surface area contributed by atoms with Gasteiger partial charge in [-0.15, -0.1) is 0 Å². The van der Waals surface area contributed by atoms with Gasteiger partial charge >= 0.3 is 0 Å². The first kappa shape index (κ1) is 16.7. The van der Waals surface area contributed by atoms with E-state index in [1.807, 2.05) is 12.1 Å². The maximum absolute atomic E-state index is 12.4. The lowest BCUT2D eigenvalue weighted by atomic mass is 10.2. The van der Waals surface area contributed by atoms with E-state index in [9.17, 15) is 4.79 Å². The number of nitrogens with zero attached hydrogens (tertiary/aromatic N) is 3. The number of likely N-dealkylation sites (N-methyl/N-ethyl adjacent to an activating group) is 1. The molecule has 2 heterocycles. The van der Waals surface area contributed by atoms with Crippen LogP contribution >= 0.6 is 11.6 Å². The maximum Gasteiger partial charge on any atom is 0.274 e. The Morgan fingerprint density at radius 2 is 2.00 bits per heavy atom. The minimum absolute atomic E-state index is 0.230. The highest BCUT2D eigenvalue weighted by Gasteiger charge is 2.19. The number of aromatic nitrogens is 1. The van der Waals surface area contributed by atoms with Crippen molar-refractivity contribution < 1.29 is 4.79 Å². The van der Waals surface area contributed by atoms with Crippen LogP contribution in [0.1, 0.15) is 17.4 Å². The van der Waals surface area contributed by atoms with Gasteiger partial charge in [-0.1, -0.05) is 24.6 Å². The van der Waals surface area contributed by atoms with Crippen molar-refractivity contribution in [3.63, 3.8) is 0 Å². The second-order valence-electron chi connectivity index (χ2n) is 5.75. The molecule has 1 aromatic heterocycles. The minimum atomic E-state index is -0.230. The SMILES string of the molecule is CCN1CCN(c2ccc(Cl)cc2NC(=O)c2ccccn2)CC1. The summed E-state index contributed by atoms with van der Waals surface area (Å²) in [5, 5.41) is 3.55. The highest BCUT2D eigenvalue weighted by atomic mass is 35.5. The van der Waals surface area contributed by atoms with Gasteiger partial charge in [0.25, 0.3) is 5.91 Å². The van der Waals surface area contributed by atoms with Crippen LogP contribution in [0.3, 0.4) is 0 Å². The zero-order valence-electron chi connectivity index (χ0n) is 13.7. The van der Waals surface area contributed by atoms with Gasteiger partial charge < -0.3 is 15.1 Å². The van der Waals surface area contributed by atoms with Gasteiger partial charge in [0.2, 0.25) is 0 Å². The lowest BCUT2D eigenvalue weighted by Crippen LogP contribution is -2.46. The summed E-state index contributed by atoms with van der Waals surface area (Å²) < 4.78 is 0. The van der Waals surface area contributed by atoms with Crippen molar-refractivity contribution >= 4 is 28.9 Å². The molecule has 0 bridgehead atoms. The van der Waals surface area contributed by atoms with E-state index in [4.69, 9.17) is 11.6 Å². The average molecular weight is 345 g/mol. The lowest BCUT2D eigenvalue weighted by Gasteiger charge is -2.36. The molecule has 0 unspecified atom stereocenters. The van der Waals surface area contributed by atoms with Crippen LogP contribution in [-0.2, 0) is 0 Å². The fourth-order valence-corrected chi connectivity index (χ4v) is 3.04. The number of carbonyl (C=O) groups is 1. The van der Waals surface area contributed by atoms with E-state index in [1.165, 1.54) is 0 Å². The second-order valence-corrected chi connectivity index (χ2v) is 6.19. The van der Waals surface area contributed by atoms with Crippen molar-refractivity contribution in [3.05, 3.63) is 53.3 Å². The van der Waals surface area contributed by atoms with E-state index in [0.717, 1.165) is 44.1 Å². The molecular formula is C18H21ClN4O. The number of nitrogens with one attached hydrogen (secondary N) is 1. The van der Waals surface area contributed by atoms with Gasteiger partial charge in [-0.05, 0) is 36.9 Å². The standard InChI is InChI=1S/C18H21ClN4O/c1-2-22-9-11-23(12-10-22)17-7-6-14(19)13-16(17)21-18(24)15-5-3-4-8-20-15/h3-8,13H,2,9-12H2,1H3,(H,21,24). The van der Waals surface area contributed by atoms with Crippen LogP contribution in [0.2, 0.25) is 5.02 Å². The molecule has 0 aliphatic carbocycles. The monoisotopic (exact) mass is 344 g/mol. The summed E-state index contributed by atoms with van der Waals surface area (Å²) in [5.74, 6) is -0.230. The van der Waals surface area contributed by atoms with E-state index in [2.05, 4.69) is 27.0 Å². The summed E-state index contributed by atoms with van der Waals surface area (Å²) in [4.78, 5) is 21.2. The van der Waals surface area contributed by atoms with Gasteiger partial charge in [-0.3, -0.25) is 9.78 Å². The summed E-state index contributed by atoms with van der Waals surface area (Å²) in [7, 11) is 0. The molecule has 2 aromatic rings. The molecule has 1 N–H and O–H groups in total.